The van der Waals surface area contributed by atoms with Crippen LogP contribution in [-0.2, 0) is 28.7 Å². The molecule has 0 aliphatic carbocycles. The summed E-state index contributed by atoms with van der Waals surface area (Å²) in [5, 5.41) is 0. The monoisotopic (exact) mass is 212 g/mol. The van der Waals surface area contributed by atoms with Crippen molar-refractivity contribution in [1.82, 2.24) is 0 Å². The van der Waals surface area contributed by atoms with Crippen LogP contribution in [-0.4, -0.2) is 23.9 Å². The summed E-state index contributed by atoms with van der Waals surface area (Å²) < 4.78 is 8.47. The molecule has 2 saturated heterocycles. The topological polar surface area (TPSA) is 86.7 Å². The molecule has 0 aromatic rings. The molecule has 0 aromatic carbocycles. The van der Waals surface area contributed by atoms with E-state index in [-0.39, 0.29) is 6.42 Å². The van der Waals surface area contributed by atoms with Crippen LogP contribution < -0.4 is 0 Å². The molecule has 0 saturated carbocycles. The molecule has 1 atom stereocenters. The smallest absolute Gasteiger partial charge is 0.343 e. The van der Waals surface area contributed by atoms with E-state index in [1.165, 1.54) is 0 Å². The van der Waals surface area contributed by atoms with Gasteiger partial charge in [-0.25, -0.2) is 14.4 Å². The zero-order valence-corrected chi connectivity index (χ0v) is 7.94. The Hall–Kier alpha value is -1.72. The van der Waals surface area contributed by atoms with Crippen LogP contribution in [0.3, 0.4) is 0 Å². The minimum Gasteiger partial charge on any atom is -0.392 e. The lowest BCUT2D eigenvalue weighted by Crippen LogP contribution is -2.60. The standard InChI is InChI=1S/C9H8O6/c1-2-3-4-5(10)14-6(11)9(4)7(12)15-8(9)13/h4H,2-3H2,1H3. The fourth-order valence-electron chi connectivity index (χ4n) is 1.92. The molecule has 0 aromatic heterocycles. The molecule has 2 rings (SSSR count). The third-order valence-corrected chi connectivity index (χ3v) is 2.73. The molecule has 0 N–H and O–H groups in total. The number of hydrogen-bond donors (Lipinski definition) is 0. The first-order chi connectivity index (χ1) is 7.05. The molecule has 1 spiro atoms. The number of cyclic esters (lactones) is 4. The van der Waals surface area contributed by atoms with E-state index in [1.807, 2.05) is 0 Å². The fourth-order valence-corrected chi connectivity index (χ4v) is 1.92. The van der Waals surface area contributed by atoms with E-state index in [4.69, 9.17) is 0 Å². The zero-order chi connectivity index (χ0) is 11.2. The number of ether oxygens (including phenoxy) is 2. The highest BCUT2D eigenvalue weighted by Crippen LogP contribution is 2.47. The van der Waals surface area contributed by atoms with E-state index in [0.29, 0.717) is 6.42 Å². The average molecular weight is 212 g/mol. The minimum atomic E-state index is -1.98. The molecular weight excluding hydrogens is 204 g/mol. The highest BCUT2D eigenvalue weighted by molar-refractivity contribution is 6.32. The predicted molar refractivity (Wildman–Crippen MR) is 43.0 cm³/mol. The second kappa shape index (κ2) is 2.88. The van der Waals surface area contributed by atoms with Crippen molar-refractivity contribution in [2.45, 2.75) is 19.8 Å². The van der Waals surface area contributed by atoms with E-state index in [9.17, 15) is 19.2 Å². The number of esters is 4. The Labute approximate surface area is 84.5 Å². The van der Waals surface area contributed by atoms with Gasteiger partial charge in [0.15, 0.2) is 0 Å². The van der Waals surface area contributed by atoms with Gasteiger partial charge in [-0.15, -0.1) is 0 Å². The Bertz CT molecular complexity index is 368. The quantitative estimate of drug-likeness (QED) is 0.455. The van der Waals surface area contributed by atoms with E-state index >= 15 is 0 Å². The third kappa shape index (κ3) is 0.934. The number of carbonyl (C=O) groups is 4. The lowest BCUT2D eigenvalue weighted by atomic mass is 9.72. The summed E-state index contributed by atoms with van der Waals surface area (Å²) in [6, 6.07) is 0. The molecular formula is C9H8O6. The SMILES string of the molecule is CCCC1C(=O)OC(=O)C12C(=O)OC2=O. The molecule has 6 heteroatoms. The van der Waals surface area contributed by atoms with Crippen molar-refractivity contribution in [3.8, 4) is 0 Å². The lowest BCUT2D eigenvalue weighted by Gasteiger charge is -2.31. The van der Waals surface area contributed by atoms with E-state index in [1.54, 1.807) is 6.92 Å². The maximum atomic E-state index is 11.3. The van der Waals surface area contributed by atoms with Gasteiger partial charge < -0.3 is 9.47 Å². The molecule has 2 aliphatic rings. The molecule has 0 radical (unpaired) electrons. The fraction of sp³-hybridized carbons (Fsp3) is 0.556. The Balaban J connectivity index is 2.43. The van der Waals surface area contributed by atoms with Crippen LogP contribution in [0.4, 0.5) is 0 Å². The first kappa shape index (κ1) is 9.82. The summed E-state index contributed by atoms with van der Waals surface area (Å²) in [7, 11) is 0. The molecule has 2 aliphatic heterocycles. The van der Waals surface area contributed by atoms with Gasteiger partial charge in [-0.2, -0.15) is 0 Å². The Morgan fingerprint density at radius 2 is 1.60 bits per heavy atom. The Kier molecular flexibility index (Phi) is 1.89. The number of carbonyl (C=O) groups excluding carboxylic acids is 4. The molecule has 0 amide bonds. The molecule has 80 valence electrons. The van der Waals surface area contributed by atoms with Crippen LogP contribution in [0.15, 0.2) is 0 Å². The lowest BCUT2D eigenvalue weighted by molar-refractivity contribution is -0.201. The van der Waals surface area contributed by atoms with Crippen LogP contribution in [0.1, 0.15) is 19.8 Å². The van der Waals surface area contributed by atoms with Crippen molar-refractivity contribution in [3.63, 3.8) is 0 Å². The zero-order valence-electron chi connectivity index (χ0n) is 7.94. The van der Waals surface area contributed by atoms with Crippen molar-refractivity contribution in [2.24, 2.45) is 11.3 Å². The number of rotatable bonds is 2. The van der Waals surface area contributed by atoms with Gasteiger partial charge in [0, 0.05) is 0 Å². The van der Waals surface area contributed by atoms with Gasteiger partial charge in [0.2, 0.25) is 0 Å². The summed E-state index contributed by atoms with van der Waals surface area (Å²) in [5.41, 5.74) is -1.98. The van der Waals surface area contributed by atoms with Crippen LogP contribution in [0.25, 0.3) is 0 Å². The van der Waals surface area contributed by atoms with Gasteiger partial charge in [0.05, 0.1) is 5.92 Å². The summed E-state index contributed by atoms with van der Waals surface area (Å²) in [6.45, 7) is 1.78. The van der Waals surface area contributed by atoms with Gasteiger partial charge in [-0.05, 0) is 6.42 Å². The van der Waals surface area contributed by atoms with Gasteiger partial charge >= 0.3 is 23.9 Å². The van der Waals surface area contributed by atoms with Gasteiger partial charge in [0.25, 0.3) is 5.41 Å². The highest BCUT2D eigenvalue weighted by atomic mass is 16.6. The minimum absolute atomic E-state index is 0.255. The molecule has 2 fully saturated rings. The third-order valence-electron chi connectivity index (χ3n) is 2.73. The van der Waals surface area contributed by atoms with Crippen molar-refractivity contribution in [1.29, 1.82) is 0 Å². The Morgan fingerprint density at radius 1 is 1.07 bits per heavy atom. The van der Waals surface area contributed by atoms with E-state index in [0.717, 1.165) is 0 Å². The maximum Gasteiger partial charge on any atom is 0.343 e. The first-order valence-corrected chi connectivity index (χ1v) is 4.58. The summed E-state index contributed by atoms with van der Waals surface area (Å²) in [6.07, 6.45) is 0.820. The van der Waals surface area contributed by atoms with Crippen molar-refractivity contribution in [2.75, 3.05) is 0 Å². The van der Waals surface area contributed by atoms with Gasteiger partial charge in [0.1, 0.15) is 0 Å². The molecule has 2 heterocycles. The first-order valence-electron chi connectivity index (χ1n) is 4.58. The van der Waals surface area contributed by atoms with Gasteiger partial charge in [-0.3, -0.25) is 4.79 Å². The average Bonchev–Trinajstić information content (AvgIpc) is 2.41. The Morgan fingerprint density at radius 3 is 2.07 bits per heavy atom. The van der Waals surface area contributed by atoms with Gasteiger partial charge in [-0.1, -0.05) is 13.3 Å². The maximum absolute atomic E-state index is 11.3. The van der Waals surface area contributed by atoms with E-state index in [2.05, 4.69) is 9.47 Å². The highest BCUT2D eigenvalue weighted by Gasteiger charge is 2.76. The summed E-state index contributed by atoms with van der Waals surface area (Å²) in [4.78, 5) is 45.0. The van der Waals surface area contributed by atoms with Crippen molar-refractivity contribution >= 4 is 23.9 Å². The second-order valence-electron chi connectivity index (χ2n) is 3.53. The largest absolute Gasteiger partial charge is 0.392 e. The molecule has 1 unspecified atom stereocenters. The predicted octanol–water partition coefficient (Wildman–Crippen LogP) is -0.444. The summed E-state index contributed by atoms with van der Waals surface area (Å²) in [5.74, 6) is -4.86. The number of hydrogen-bond acceptors (Lipinski definition) is 6. The molecule has 0 bridgehead atoms. The van der Waals surface area contributed by atoms with Crippen LogP contribution in [0.5, 0.6) is 0 Å². The van der Waals surface area contributed by atoms with Crippen LogP contribution in [0, 0.1) is 11.3 Å². The molecule has 15 heavy (non-hydrogen) atoms. The normalized spacial score (nSPS) is 27.7. The molecule has 6 nitrogen and oxygen atoms in total. The second-order valence-corrected chi connectivity index (χ2v) is 3.53. The van der Waals surface area contributed by atoms with Crippen LogP contribution >= 0.6 is 0 Å². The van der Waals surface area contributed by atoms with E-state index < -0.39 is 35.2 Å². The van der Waals surface area contributed by atoms with Crippen LogP contribution in [0.2, 0.25) is 0 Å². The van der Waals surface area contributed by atoms with Crippen molar-refractivity contribution in [3.05, 3.63) is 0 Å². The van der Waals surface area contributed by atoms with Crippen molar-refractivity contribution < 1.29 is 28.7 Å². The summed E-state index contributed by atoms with van der Waals surface area (Å²) >= 11 is 0.